The molecule has 0 aliphatic heterocycles. The second kappa shape index (κ2) is 4.51. The minimum Gasteiger partial charge on any atom is -0.390 e. The van der Waals surface area contributed by atoms with E-state index in [1.54, 1.807) is 6.33 Å². The summed E-state index contributed by atoms with van der Waals surface area (Å²) in [5.74, 6) is 0. The molecular weight excluding hydrogens is 204 g/mol. The van der Waals surface area contributed by atoms with Crippen molar-refractivity contribution in [2.24, 2.45) is 12.8 Å². The zero-order chi connectivity index (χ0) is 11.5. The third kappa shape index (κ3) is 2.15. The number of fused-ring (bicyclic) bond motifs is 1. The van der Waals surface area contributed by atoms with Crippen molar-refractivity contribution in [2.45, 2.75) is 6.10 Å². The molecule has 0 saturated heterocycles. The lowest BCUT2D eigenvalue weighted by molar-refractivity contribution is 0.196. The molecule has 1 heterocycles. The van der Waals surface area contributed by atoms with Crippen molar-refractivity contribution in [3.63, 3.8) is 0 Å². The lowest BCUT2D eigenvalue weighted by Gasteiger charge is -2.10. The smallest absolute Gasteiger partial charge is 0.0955 e. The third-order valence-corrected chi connectivity index (χ3v) is 2.54. The highest BCUT2D eigenvalue weighted by atomic mass is 16.3. The summed E-state index contributed by atoms with van der Waals surface area (Å²) in [6.07, 6.45) is 1.27. The van der Waals surface area contributed by atoms with Crippen LogP contribution in [0, 0.1) is 0 Å². The van der Waals surface area contributed by atoms with Gasteiger partial charge in [0.2, 0.25) is 0 Å². The number of imidazole rings is 1. The van der Waals surface area contributed by atoms with Gasteiger partial charge in [-0.1, -0.05) is 0 Å². The van der Waals surface area contributed by atoms with Crippen molar-refractivity contribution in [1.29, 1.82) is 0 Å². The van der Waals surface area contributed by atoms with Gasteiger partial charge in [0.25, 0.3) is 0 Å². The maximum Gasteiger partial charge on any atom is 0.0955 e. The van der Waals surface area contributed by atoms with Gasteiger partial charge in [-0.15, -0.1) is 0 Å². The highest BCUT2D eigenvalue weighted by Crippen LogP contribution is 2.17. The number of nitrogens with two attached hydrogens (primary N) is 1. The molecule has 1 aromatic carbocycles. The van der Waals surface area contributed by atoms with Crippen molar-refractivity contribution in [3.05, 3.63) is 24.5 Å². The van der Waals surface area contributed by atoms with Gasteiger partial charge in [-0.05, 0) is 18.2 Å². The van der Waals surface area contributed by atoms with Crippen LogP contribution < -0.4 is 11.1 Å². The molecule has 0 aliphatic carbocycles. The lowest BCUT2D eigenvalue weighted by atomic mass is 10.2. The van der Waals surface area contributed by atoms with Crippen molar-refractivity contribution < 1.29 is 5.11 Å². The summed E-state index contributed by atoms with van der Waals surface area (Å²) >= 11 is 0. The molecule has 86 valence electrons. The van der Waals surface area contributed by atoms with Crippen molar-refractivity contribution in [3.8, 4) is 0 Å². The van der Waals surface area contributed by atoms with Crippen molar-refractivity contribution in [1.82, 2.24) is 9.55 Å². The van der Waals surface area contributed by atoms with E-state index in [9.17, 15) is 5.11 Å². The largest absolute Gasteiger partial charge is 0.390 e. The van der Waals surface area contributed by atoms with E-state index in [1.165, 1.54) is 0 Å². The fourth-order valence-corrected chi connectivity index (χ4v) is 1.57. The second-order valence-corrected chi connectivity index (χ2v) is 3.83. The lowest BCUT2D eigenvalue weighted by Crippen LogP contribution is -2.27. The number of aromatic nitrogens is 2. The predicted octanol–water partition coefficient (Wildman–Crippen LogP) is 0.305. The van der Waals surface area contributed by atoms with Crippen LogP contribution >= 0.6 is 0 Å². The summed E-state index contributed by atoms with van der Waals surface area (Å²) in [5, 5.41) is 12.4. The molecule has 1 unspecified atom stereocenters. The Kier molecular flexibility index (Phi) is 3.07. The quantitative estimate of drug-likeness (QED) is 0.693. The van der Waals surface area contributed by atoms with Crippen molar-refractivity contribution >= 4 is 16.7 Å². The molecule has 4 N–H and O–H groups in total. The van der Waals surface area contributed by atoms with Gasteiger partial charge >= 0.3 is 0 Å². The average molecular weight is 220 g/mol. The molecule has 5 heteroatoms. The molecule has 1 atom stereocenters. The first-order valence-corrected chi connectivity index (χ1v) is 5.24. The van der Waals surface area contributed by atoms with Gasteiger partial charge < -0.3 is 20.7 Å². The van der Waals surface area contributed by atoms with E-state index in [0.29, 0.717) is 6.54 Å². The van der Waals surface area contributed by atoms with Gasteiger partial charge in [0.05, 0.1) is 23.5 Å². The molecule has 0 bridgehead atoms. The van der Waals surface area contributed by atoms with Crippen LogP contribution in [0.4, 0.5) is 5.69 Å². The molecule has 0 radical (unpaired) electrons. The number of rotatable bonds is 4. The second-order valence-electron chi connectivity index (χ2n) is 3.83. The Morgan fingerprint density at radius 1 is 1.56 bits per heavy atom. The van der Waals surface area contributed by atoms with E-state index in [4.69, 9.17) is 5.73 Å². The maximum absolute atomic E-state index is 9.33. The monoisotopic (exact) mass is 220 g/mol. The zero-order valence-corrected chi connectivity index (χ0v) is 9.22. The molecule has 0 aliphatic rings. The fraction of sp³-hybridized carbons (Fsp3) is 0.364. The molecule has 0 spiro atoms. The third-order valence-electron chi connectivity index (χ3n) is 2.54. The SMILES string of the molecule is Cn1cnc2cc(NCC(O)CN)ccc21. The number of aliphatic hydroxyl groups excluding tert-OH is 1. The Morgan fingerprint density at radius 2 is 2.38 bits per heavy atom. The summed E-state index contributed by atoms with van der Waals surface area (Å²) in [6.45, 7) is 0.716. The molecule has 0 saturated carbocycles. The summed E-state index contributed by atoms with van der Waals surface area (Å²) < 4.78 is 1.97. The first kappa shape index (κ1) is 10.9. The average Bonchev–Trinajstić information content (AvgIpc) is 2.67. The zero-order valence-electron chi connectivity index (χ0n) is 9.22. The van der Waals surface area contributed by atoms with Gasteiger partial charge in [0.1, 0.15) is 0 Å². The van der Waals surface area contributed by atoms with Crippen LogP contribution in [-0.2, 0) is 7.05 Å². The normalized spacial score (nSPS) is 12.9. The first-order valence-electron chi connectivity index (χ1n) is 5.24. The summed E-state index contributed by atoms with van der Waals surface area (Å²) in [5.41, 5.74) is 8.30. The van der Waals surface area contributed by atoms with E-state index in [2.05, 4.69) is 10.3 Å². The molecule has 5 nitrogen and oxygen atoms in total. The first-order chi connectivity index (χ1) is 7.70. The topological polar surface area (TPSA) is 76.1 Å². The van der Waals surface area contributed by atoms with Gasteiger partial charge in [0.15, 0.2) is 0 Å². The van der Waals surface area contributed by atoms with E-state index in [1.807, 2.05) is 29.8 Å². The molecule has 2 rings (SSSR count). The minimum absolute atomic E-state index is 0.263. The number of aryl methyl sites for hydroxylation is 1. The molecule has 2 aromatic rings. The number of hydrogen-bond donors (Lipinski definition) is 3. The Balaban J connectivity index is 2.14. The number of aliphatic hydroxyl groups is 1. The number of anilines is 1. The standard InChI is InChI=1S/C11H16N4O/c1-15-7-14-10-4-8(2-3-11(10)15)13-6-9(16)5-12/h2-4,7,9,13,16H,5-6,12H2,1H3. The minimum atomic E-state index is -0.514. The molecule has 0 fully saturated rings. The summed E-state index contributed by atoms with van der Waals surface area (Å²) in [4.78, 5) is 4.26. The van der Waals surface area contributed by atoms with E-state index in [0.717, 1.165) is 16.7 Å². The molecule has 0 amide bonds. The maximum atomic E-state index is 9.33. The van der Waals surface area contributed by atoms with Crippen LogP contribution in [0.5, 0.6) is 0 Å². The van der Waals surface area contributed by atoms with Gasteiger partial charge in [0, 0.05) is 25.8 Å². The van der Waals surface area contributed by atoms with E-state index in [-0.39, 0.29) is 6.54 Å². The Hall–Kier alpha value is -1.59. The van der Waals surface area contributed by atoms with E-state index >= 15 is 0 Å². The summed E-state index contributed by atoms with van der Waals surface area (Å²) in [7, 11) is 1.96. The van der Waals surface area contributed by atoms with Crippen molar-refractivity contribution in [2.75, 3.05) is 18.4 Å². The molecule has 1 aromatic heterocycles. The highest BCUT2D eigenvalue weighted by Gasteiger charge is 2.03. The fourth-order valence-electron chi connectivity index (χ4n) is 1.57. The summed E-state index contributed by atoms with van der Waals surface area (Å²) in [6, 6.07) is 5.92. The Morgan fingerprint density at radius 3 is 3.12 bits per heavy atom. The number of nitrogens with zero attached hydrogens (tertiary/aromatic N) is 2. The highest BCUT2D eigenvalue weighted by molar-refractivity contribution is 5.79. The Labute approximate surface area is 93.9 Å². The number of benzene rings is 1. The van der Waals surface area contributed by atoms with Gasteiger partial charge in [-0.2, -0.15) is 0 Å². The van der Waals surface area contributed by atoms with Crippen LogP contribution in [0.1, 0.15) is 0 Å². The van der Waals surface area contributed by atoms with Crippen LogP contribution in [0.2, 0.25) is 0 Å². The number of hydrogen-bond acceptors (Lipinski definition) is 4. The molecular formula is C11H16N4O. The molecule has 16 heavy (non-hydrogen) atoms. The van der Waals surface area contributed by atoms with Gasteiger partial charge in [-0.3, -0.25) is 0 Å². The van der Waals surface area contributed by atoms with Crippen LogP contribution in [0.25, 0.3) is 11.0 Å². The van der Waals surface area contributed by atoms with Gasteiger partial charge in [-0.25, -0.2) is 4.98 Å². The Bertz CT molecular complexity index is 480. The van der Waals surface area contributed by atoms with E-state index < -0.39 is 6.10 Å². The van der Waals surface area contributed by atoms with Crippen LogP contribution in [0.3, 0.4) is 0 Å². The number of nitrogens with one attached hydrogen (secondary N) is 1. The predicted molar refractivity (Wildman–Crippen MR) is 64.3 cm³/mol. The van der Waals surface area contributed by atoms with Crippen LogP contribution in [0.15, 0.2) is 24.5 Å². The van der Waals surface area contributed by atoms with Crippen LogP contribution in [-0.4, -0.2) is 33.9 Å².